The van der Waals surface area contributed by atoms with Gasteiger partial charge in [0.2, 0.25) is 0 Å². The van der Waals surface area contributed by atoms with Crippen LogP contribution in [0.5, 0.6) is 0 Å². The number of benzene rings is 1. The molecule has 6 heteroatoms. The summed E-state index contributed by atoms with van der Waals surface area (Å²) in [5.41, 5.74) is -2.31. The summed E-state index contributed by atoms with van der Waals surface area (Å²) < 4.78 is 5.19. The second kappa shape index (κ2) is 7.53. The Morgan fingerprint density at radius 3 is 2.29 bits per heavy atom. The van der Waals surface area contributed by atoms with Crippen LogP contribution >= 0.6 is 11.6 Å². The van der Waals surface area contributed by atoms with Crippen molar-refractivity contribution in [2.24, 2.45) is 11.8 Å². The minimum absolute atomic E-state index is 0.0768. The van der Waals surface area contributed by atoms with Crippen molar-refractivity contribution in [3.05, 3.63) is 34.9 Å². The van der Waals surface area contributed by atoms with Crippen LogP contribution in [-0.2, 0) is 19.7 Å². The molecule has 5 nitrogen and oxygen atoms in total. The Balaban J connectivity index is 2.95. The molecule has 0 spiro atoms. The van der Waals surface area contributed by atoms with Crippen molar-refractivity contribution in [3.8, 4) is 0 Å². The SMILES string of the molecule is CC(C)C(C)[C@](O)(C(=O)O)C(=O)OCC(C)(C)c1cccc(Cl)c1. The Kier molecular flexibility index (Phi) is 6.42. The fourth-order valence-electron chi connectivity index (χ4n) is 2.30. The van der Waals surface area contributed by atoms with E-state index >= 15 is 0 Å². The molecule has 0 aliphatic heterocycles. The summed E-state index contributed by atoms with van der Waals surface area (Å²) >= 11 is 5.98. The van der Waals surface area contributed by atoms with Gasteiger partial charge in [0.15, 0.2) is 0 Å². The lowest BCUT2D eigenvalue weighted by molar-refractivity contribution is -0.189. The van der Waals surface area contributed by atoms with E-state index in [2.05, 4.69) is 0 Å². The fraction of sp³-hybridized carbons (Fsp3) is 0.556. The van der Waals surface area contributed by atoms with Crippen LogP contribution in [0.4, 0.5) is 0 Å². The van der Waals surface area contributed by atoms with Crippen molar-refractivity contribution in [3.63, 3.8) is 0 Å². The second-order valence-electron chi connectivity index (χ2n) is 7.07. The molecular formula is C18H25ClO5. The quantitative estimate of drug-likeness (QED) is 0.578. The number of carboxylic acid groups (broad SMARTS) is 1. The van der Waals surface area contributed by atoms with Crippen LogP contribution in [-0.4, -0.2) is 34.4 Å². The number of halogens is 1. The van der Waals surface area contributed by atoms with Gasteiger partial charge in [0.25, 0.3) is 5.60 Å². The standard InChI is InChI=1S/C18H25ClO5/c1-11(2)12(3)18(23,15(20)21)16(22)24-10-17(4,5)13-7-6-8-14(19)9-13/h6-9,11-12,23H,10H2,1-5H3,(H,20,21)/t12?,18-/m0/s1. The van der Waals surface area contributed by atoms with Gasteiger partial charge in [-0.25, -0.2) is 9.59 Å². The molecule has 0 aliphatic rings. The molecule has 0 saturated heterocycles. The molecular weight excluding hydrogens is 332 g/mol. The molecule has 0 radical (unpaired) electrons. The number of carbonyl (C=O) groups is 2. The summed E-state index contributed by atoms with van der Waals surface area (Å²) in [6, 6.07) is 7.13. The number of ether oxygens (including phenoxy) is 1. The van der Waals surface area contributed by atoms with E-state index < -0.39 is 28.9 Å². The Morgan fingerprint density at radius 2 is 1.83 bits per heavy atom. The third kappa shape index (κ3) is 4.28. The van der Waals surface area contributed by atoms with Gasteiger partial charge >= 0.3 is 11.9 Å². The molecule has 1 unspecified atom stereocenters. The van der Waals surface area contributed by atoms with E-state index in [4.69, 9.17) is 16.3 Å². The fourth-order valence-corrected chi connectivity index (χ4v) is 2.49. The molecule has 0 fully saturated rings. The van der Waals surface area contributed by atoms with Crippen molar-refractivity contribution in [2.75, 3.05) is 6.61 Å². The lowest BCUT2D eigenvalue weighted by atomic mass is 9.80. The van der Waals surface area contributed by atoms with Gasteiger partial charge in [-0.2, -0.15) is 0 Å². The largest absolute Gasteiger partial charge is 0.479 e. The number of rotatable bonds is 7. The van der Waals surface area contributed by atoms with Crippen molar-refractivity contribution in [2.45, 2.75) is 45.6 Å². The van der Waals surface area contributed by atoms with Crippen LogP contribution in [0.3, 0.4) is 0 Å². The number of carbonyl (C=O) groups excluding carboxylic acids is 1. The lowest BCUT2D eigenvalue weighted by Crippen LogP contribution is -2.54. The normalized spacial score (nSPS) is 15.7. The van der Waals surface area contributed by atoms with Gasteiger partial charge in [-0.05, 0) is 23.6 Å². The third-order valence-electron chi connectivity index (χ3n) is 4.47. The van der Waals surface area contributed by atoms with Crippen molar-refractivity contribution >= 4 is 23.5 Å². The highest BCUT2D eigenvalue weighted by molar-refractivity contribution is 6.30. The van der Waals surface area contributed by atoms with Gasteiger partial charge in [0.05, 0.1) is 0 Å². The molecule has 0 bridgehead atoms. The molecule has 0 heterocycles. The summed E-state index contributed by atoms with van der Waals surface area (Å²) in [4.78, 5) is 23.8. The second-order valence-corrected chi connectivity index (χ2v) is 7.51. The summed E-state index contributed by atoms with van der Waals surface area (Å²) in [6.45, 7) is 8.60. The number of carboxylic acids is 1. The lowest BCUT2D eigenvalue weighted by Gasteiger charge is -2.32. The van der Waals surface area contributed by atoms with E-state index in [0.717, 1.165) is 5.56 Å². The molecule has 1 aromatic carbocycles. The molecule has 0 aliphatic carbocycles. The maximum Gasteiger partial charge on any atom is 0.350 e. The van der Waals surface area contributed by atoms with Crippen LogP contribution in [0.1, 0.15) is 40.2 Å². The van der Waals surface area contributed by atoms with E-state index in [1.165, 1.54) is 6.92 Å². The molecule has 2 N–H and O–H groups in total. The average molecular weight is 357 g/mol. The zero-order valence-corrected chi connectivity index (χ0v) is 15.4. The molecule has 0 saturated carbocycles. The number of aliphatic hydroxyl groups is 1. The van der Waals surface area contributed by atoms with Crippen LogP contribution in [0.25, 0.3) is 0 Å². The zero-order valence-electron chi connectivity index (χ0n) is 14.7. The molecule has 0 amide bonds. The first-order valence-electron chi connectivity index (χ1n) is 7.82. The molecule has 134 valence electrons. The van der Waals surface area contributed by atoms with Gasteiger partial charge in [-0.3, -0.25) is 0 Å². The first-order valence-corrected chi connectivity index (χ1v) is 8.19. The van der Waals surface area contributed by atoms with Crippen molar-refractivity contribution < 1.29 is 24.5 Å². The van der Waals surface area contributed by atoms with E-state index in [1.54, 1.807) is 32.0 Å². The maximum absolute atomic E-state index is 12.3. The highest BCUT2D eigenvalue weighted by Crippen LogP contribution is 2.29. The van der Waals surface area contributed by atoms with Crippen molar-refractivity contribution in [1.82, 2.24) is 0 Å². The summed E-state index contributed by atoms with van der Waals surface area (Å²) in [7, 11) is 0. The monoisotopic (exact) mass is 356 g/mol. The average Bonchev–Trinajstić information content (AvgIpc) is 2.50. The third-order valence-corrected chi connectivity index (χ3v) is 4.70. The molecule has 1 rings (SSSR count). The van der Waals surface area contributed by atoms with Gasteiger partial charge in [-0.15, -0.1) is 0 Å². The van der Waals surface area contributed by atoms with Crippen LogP contribution in [0.2, 0.25) is 5.02 Å². The van der Waals surface area contributed by atoms with E-state index in [0.29, 0.717) is 5.02 Å². The minimum atomic E-state index is -2.57. The van der Waals surface area contributed by atoms with Gasteiger partial charge < -0.3 is 14.9 Å². The minimum Gasteiger partial charge on any atom is -0.479 e. The van der Waals surface area contributed by atoms with Gasteiger partial charge in [-0.1, -0.05) is 58.4 Å². The van der Waals surface area contributed by atoms with Crippen molar-refractivity contribution in [1.29, 1.82) is 0 Å². The predicted molar refractivity (Wildman–Crippen MR) is 92.0 cm³/mol. The van der Waals surface area contributed by atoms with Gasteiger partial charge in [0, 0.05) is 16.4 Å². The number of hydrogen-bond donors (Lipinski definition) is 2. The molecule has 2 atom stereocenters. The summed E-state index contributed by atoms with van der Waals surface area (Å²) in [5.74, 6) is -3.75. The topological polar surface area (TPSA) is 83.8 Å². The first kappa shape index (κ1) is 20.5. The van der Waals surface area contributed by atoms with E-state index in [9.17, 15) is 19.8 Å². The smallest absolute Gasteiger partial charge is 0.350 e. The maximum atomic E-state index is 12.3. The molecule has 0 aromatic heterocycles. The molecule has 1 aromatic rings. The number of aliphatic carboxylic acids is 1. The zero-order chi connectivity index (χ0) is 18.7. The summed E-state index contributed by atoms with van der Waals surface area (Å²) in [6.07, 6.45) is 0. The predicted octanol–water partition coefficient (Wildman–Crippen LogP) is 3.27. The van der Waals surface area contributed by atoms with E-state index in [1.807, 2.05) is 19.9 Å². The van der Waals surface area contributed by atoms with Crippen LogP contribution < -0.4 is 0 Å². The van der Waals surface area contributed by atoms with Crippen LogP contribution in [0.15, 0.2) is 24.3 Å². The molecule has 24 heavy (non-hydrogen) atoms. The van der Waals surface area contributed by atoms with E-state index in [-0.39, 0.29) is 12.5 Å². The highest BCUT2D eigenvalue weighted by Gasteiger charge is 2.52. The Labute approximate surface area is 147 Å². The van der Waals surface area contributed by atoms with Gasteiger partial charge in [0.1, 0.15) is 6.61 Å². The Morgan fingerprint density at radius 1 is 1.25 bits per heavy atom. The number of hydrogen-bond acceptors (Lipinski definition) is 4. The first-order chi connectivity index (χ1) is 10.9. The number of esters is 1. The van der Waals surface area contributed by atoms with Crippen LogP contribution in [0, 0.1) is 11.8 Å². The summed E-state index contributed by atoms with van der Waals surface area (Å²) in [5, 5.41) is 20.3. The Hall–Kier alpha value is -1.59. The highest BCUT2D eigenvalue weighted by atomic mass is 35.5. The Bertz CT molecular complexity index is 611.